The third kappa shape index (κ3) is 3.42. The van der Waals surface area contributed by atoms with Crippen molar-refractivity contribution in [1.82, 2.24) is 4.90 Å². The summed E-state index contributed by atoms with van der Waals surface area (Å²) < 4.78 is 5.75. The van der Waals surface area contributed by atoms with Crippen LogP contribution >= 0.6 is 0 Å². The number of ether oxygens (including phenoxy) is 1. The van der Waals surface area contributed by atoms with E-state index < -0.39 is 5.92 Å². The lowest BCUT2D eigenvalue weighted by Gasteiger charge is -2.41. The molecular formula is C19H27NO4. The Balaban J connectivity index is 1.63. The number of fused-ring (bicyclic) bond motifs is 2. The molecule has 4 atom stereocenters. The average molecular weight is 333 g/mol. The van der Waals surface area contributed by atoms with Crippen LogP contribution in [0, 0.1) is 0 Å². The van der Waals surface area contributed by atoms with Gasteiger partial charge in [0.2, 0.25) is 0 Å². The molecule has 2 aliphatic heterocycles. The number of nitrogens with zero attached hydrogens (tertiary/aromatic N) is 1. The van der Waals surface area contributed by atoms with Crippen LogP contribution in [0.4, 0.5) is 0 Å². The van der Waals surface area contributed by atoms with E-state index in [1.165, 1.54) is 25.0 Å². The third-order valence-corrected chi connectivity index (χ3v) is 5.39. The average Bonchev–Trinajstić information content (AvgIpc) is 2.82. The Morgan fingerprint density at radius 1 is 1.21 bits per heavy atom. The van der Waals surface area contributed by atoms with Gasteiger partial charge in [-0.3, -0.25) is 9.69 Å². The molecule has 0 aromatic heterocycles. The molecule has 1 aromatic rings. The largest absolute Gasteiger partial charge is 0.508 e. The van der Waals surface area contributed by atoms with Crippen LogP contribution in [-0.2, 0) is 9.53 Å². The highest BCUT2D eigenvalue weighted by Gasteiger charge is 2.43. The van der Waals surface area contributed by atoms with E-state index in [1.54, 1.807) is 12.1 Å². The molecule has 0 aliphatic carbocycles. The number of hydrogen-bond acceptors (Lipinski definition) is 5. The smallest absolute Gasteiger partial charge is 0.316 e. The number of aromatic hydroxyl groups is 1. The summed E-state index contributed by atoms with van der Waals surface area (Å²) in [6, 6.07) is 7.89. The molecule has 5 nitrogen and oxygen atoms in total. The summed E-state index contributed by atoms with van der Waals surface area (Å²) in [5, 5.41) is 19.0. The molecule has 24 heavy (non-hydrogen) atoms. The molecule has 2 fully saturated rings. The quantitative estimate of drug-likeness (QED) is 0.810. The molecule has 2 bridgehead atoms. The minimum Gasteiger partial charge on any atom is -0.508 e. The Bertz CT molecular complexity index is 557. The van der Waals surface area contributed by atoms with Crippen LogP contribution in [0.5, 0.6) is 5.75 Å². The SMILES string of the molecule is CC(C)N1[C@@H]2CC[C@H]1CC(OC(=O)C(CO)c1ccc(O)cc1)C2. The highest BCUT2D eigenvalue weighted by molar-refractivity contribution is 5.78. The summed E-state index contributed by atoms with van der Waals surface area (Å²) >= 11 is 0. The first-order chi connectivity index (χ1) is 11.5. The molecule has 5 heteroatoms. The lowest BCUT2D eigenvalue weighted by Crippen LogP contribution is -2.49. The van der Waals surface area contributed by atoms with Crippen LogP contribution in [0.3, 0.4) is 0 Å². The number of hydrogen-bond donors (Lipinski definition) is 2. The van der Waals surface area contributed by atoms with E-state index in [4.69, 9.17) is 4.74 Å². The molecule has 2 N–H and O–H groups in total. The van der Waals surface area contributed by atoms with Crippen LogP contribution in [-0.4, -0.2) is 51.9 Å². The summed E-state index contributed by atoms with van der Waals surface area (Å²) in [6.45, 7) is 4.16. The monoisotopic (exact) mass is 333 g/mol. The molecule has 0 spiro atoms. The van der Waals surface area contributed by atoms with Crippen molar-refractivity contribution >= 4 is 5.97 Å². The molecule has 2 aliphatic rings. The summed E-state index contributed by atoms with van der Waals surface area (Å²) in [5.41, 5.74) is 0.669. The number of phenols is 1. The van der Waals surface area contributed by atoms with Crippen molar-refractivity contribution in [3.8, 4) is 5.75 Å². The van der Waals surface area contributed by atoms with Gasteiger partial charge in [-0.15, -0.1) is 0 Å². The predicted molar refractivity (Wildman–Crippen MR) is 90.8 cm³/mol. The van der Waals surface area contributed by atoms with Gasteiger partial charge in [0.15, 0.2) is 0 Å². The predicted octanol–water partition coefficient (Wildman–Crippen LogP) is 2.42. The zero-order valence-electron chi connectivity index (χ0n) is 14.4. The van der Waals surface area contributed by atoms with E-state index in [-0.39, 0.29) is 24.4 Å². The molecule has 0 radical (unpaired) electrons. The molecule has 132 valence electrons. The van der Waals surface area contributed by atoms with Gasteiger partial charge in [-0.1, -0.05) is 12.1 Å². The van der Waals surface area contributed by atoms with Gasteiger partial charge in [0.25, 0.3) is 0 Å². The second-order valence-corrected chi connectivity index (χ2v) is 7.28. The van der Waals surface area contributed by atoms with Crippen molar-refractivity contribution in [2.75, 3.05) is 6.61 Å². The first kappa shape index (κ1) is 17.2. The van der Waals surface area contributed by atoms with Crippen LogP contribution in [0.15, 0.2) is 24.3 Å². The second kappa shape index (κ2) is 7.11. The third-order valence-electron chi connectivity index (χ3n) is 5.39. The first-order valence-corrected chi connectivity index (χ1v) is 8.87. The minimum atomic E-state index is -0.689. The Morgan fingerprint density at radius 3 is 2.29 bits per heavy atom. The molecule has 3 rings (SSSR count). The lowest BCUT2D eigenvalue weighted by molar-refractivity contribution is -0.155. The van der Waals surface area contributed by atoms with E-state index in [9.17, 15) is 15.0 Å². The van der Waals surface area contributed by atoms with Gasteiger partial charge >= 0.3 is 5.97 Å². The van der Waals surface area contributed by atoms with Gasteiger partial charge < -0.3 is 14.9 Å². The standard InChI is InChI=1S/C19H27NO4/c1-12(2)20-14-5-6-15(20)10-17(9-14)24-19(23)18(11-21)13-3-7-16(22)8-4-13/h3-4,7-8,12,14-15,17-18,21-22H,5-6,9-11H2,1-2H3/t14-,15+,17?,18?. The normalized spacial score (nSPS) is 28.1. The zero-order valence-corrected chi connectivity index (χ0v) is 14.4. The van der Waals surface area contributed by atoms with Gasteiger partial charge in [0.05, 0.1) is 6.61 Å². The fourth-order valence-electron chi connectivity index (χ4n) is 4.37. The Hall–Kier alpha value is -1.59. The van der Waals surface area contributed by atoms with E-state index in [0.717, 1.165) is 12.8 Å². The van der Waals surface area contributed by atoms with Gasteiger partial charge in [0, 0.05) is 31.0 Å². The summed E-state index contributed by atoms with van der Waals surface area (Å²) in [5.74, 6) is -0.918. The van der Waals surface area contributed by atoms with E-state index >= 15 is 0 Å². The molecule has 2 heterocycles. The van der Waals surface area contributed by atoms with Crippen molar-refractivity contribution in [1.29, 1.82) is 0 Å². The molecule has 0 saturated carbocycles. The molecular weight excluding hydrogens is 306 g/mol. The Morgan fingerprint density at radius 2 is 1.79 bits per heavy atom. The maximum Gasteiger partial charge on any atom is 0.316 e. The number of aliphatic hydroxyl groups excluding tert-OH is 1. The fraction of sp³-hybridized carbons (Fsp3) is 0.632. The number of rotatable bonds is 5. The number of piperidine rings is 1. The fourth-order valence-corrected chi connectivity index (χ4v) is 4.37. The van der Waals surface area contributed by atoms with Gasteiger partial charge in [-0.2, -0.15) is 0 Å². The van der Waals surface area contributed by atoms with Crippen molar-refractivity contribution in [2.45, 2.75) is 69.7 Å². The number of esters is 1. The van der Waals surface area contributed by atoms with Crippen molar-refractivity contribution in [2.24, 2.45) is 0 Å². The van der Waals surface area contributed by atoms with Gasteiger partial charge in [-0.05, 0) is 44.4 Å². The van der Waals surface area contributed by atoms with Gasteiger partial charge in [-0.25, -0.2) is 0 Å². The lowest BCUT2D eigenvalue weighted by atomic mass is 9.97. The maximum atomic E-state index is 12.5. The number of phenolic OH excluding ortho intramolecular Hbond substituents is 1. The first-order valence-electron chi connectivity index (χ1n) is 8.87. The number of carbonyl (C=O) groups excluding carboxylic acids is 1. The molecule has 0 amide bonds. The van der Waals surface area contributed by atoms with E-state index in [0.29, 0.717) is 23.7 Å². The van der Waals surface area contributed by atoms with Crippen molar-refractivity contribution < 1.29 is 19.7 Å². The number of aliphatic hydroxyl groups is 1. The Kier molecular flexibility index (Phi) is 5.11. The number of carbonyl (C=O) groups is 1. The Labute approximate surface area is 143 Å². The topological polar surface area (TPSA) is 70.0 Å². The van der Waals surface area contributed by atoms with Crippen LogP contribution < -0.4 is 0 Å². The summed E-state index contributed by atoms with van der Waals surface area (Å²) in [4.78, 5) is 15.1. The maximum absolute atomic E-state index is 12.5. The van der Waals surface area contributed by atoms with Crippen LogP contribution in [0.1, 0.15) is 51.0 Å². The zero-order chi connectivity index (χ0) is 17.3. The van der Waals surface area contributed by atoms with Crippen molar-refractivity contribution in [3.05, 3.63) is 29.8 Å². The summed E-state index contributed by atoms with van der Waals surface area (Å²) in [7, 11) is 0. The minimum absolute atomic E-state index is 0.0591. The van der Waals surface area contributed by atoms with E-state index in [2.05, 4.69) is 18.7 Å². The highest BCUT2D eigenvalue weighted by Crippen LogP contribution is 2.38. The van der Waals surface area contributed by atoms with Gasteiger partial charge in [0.1, 0.15) is 17.8 Å². The molecule has 1 aromatic carbocycles. The van der Waals surface area contributed by atoms with Crippen molar-refractivity contribution in [3.63, 3.8) is 0 Å². The van der Waals surface area contributed by atoms with E-state index in [1.807, 2.05) is 0 Å². The van der Waals surface area contributed by atoms with Crippen LogP contribution in [0.25, 0.3) is 0 Å². The molecule has 2 saturated heterocycles. The highest BCUT2D eigenvalue weighted by atomic mass is 16.5. The second-order valence-electron chi connectivity index (χ2n) is 7.28. The van der Waals surface area contributed by atoms with Crippen LogP contribution in [0.2, 0.25) is 0 Å². The number of benzene rings is 1. The summed E-state index contributed by atoms with van der Waals surface area (Å²) in [6.07, 6.45) is 4.06. The molecule has 2 unspecified atom stereocenters.